The summed E-state index contributed by atoms with van der Waals surface area (Å²) in [5, 5.41) is 23.0. The first kappa shape index (κ1) is 18.5. The predicted octanol–water partition coefficient (Wildman–Crippen LogP) is 3.92. The van der Waals surface area contributed by atoms with E-state index in [1.807, 2.05) is 6.92 Å². The topological polar surface area (TPSA) is 120 Å². The number of hydrogen-bond acceptors (Lipinski definition) is 8. The Bertz CT molecular complexity index is 981. The van der Waals surface area contributed by atoms with Crippen molar-refractivity contribution < 1.29 is 18.9 Å². The van der Waals surface area contributed by atoms with Crippen molar-refractivity contribution in [2.75, 3.05) is 12.4 Å². The number of amides is 1. The number of rotatable bonds is 7. The largest absolute Gasteiger partial charge is 0.497 e. The van der Waals surface area contributed by atoms with Gasteiger partial charge >= 0.3 is 0 Å². The van der Waals surface area contributed by atoms with Gasteiger partial charge in [-0.25, -0.2) is 0 Å². The summed E-state index contributed by atoms with van der Waals surface area (Å²) in [6, 6.07) is 7.35. The number of hydrogen-bond donors (Lipinski definition) is 1. The van der Waals surface area contributed by atoms with Crippen LogP contribution in [-0.2, 0) is 6.42 Å². The molecule has 2 aromatic heterocycles. The number of furan rings is 1. The minimum absolute atomic E-state index is 0.0161. The molecule has 27 heavy (non-hydrogen) atoms. The van der Waals surface area contributed by atoms with E-state index in [0.29, 0.717) is 10.9 Å². The van der Waals surface area contributed by atoms with Crippen molar-refractivity contribution in [1.29, 1.82) is 0 Å². The third-order valence-electron chi connectivity index (χ3n) is 3.65. The van der Waals surface area contributed by atoms with Gasteiger partial charge in [-0.2, -0.15) is 0 Å². The van der Waals surface area contributed by atoms with Gasteiger partial charge in [0.25, 0.3) is 11.6 Å². The molecule has 0 fully saturated rings. The molecule has 0 aliphatic heterocycles. The molecule has 0 unspecified atom stereocenters. The van der Waals surface area contributed by atoms with E-state index >= 15 is 0 Å². The van der Waals surface area contributed by atoms with E-state index in [-0.39, 0.29) is 22.8 Å². The highest BCUT2D eigenvalue weighted by atomic mass is 32.1. The molecule has 0 aliphatic carbocycles. The quantitative estimate of drug-likeness (QED) is 0.481. The molecule has 0 saturated heterocycles. The molecule has 0 saturated carbocycles. The molecular weight excluding hydrogens is 372 g/mol. The first-order valence-electron chi connectivity index (χ1n) is 8.08. The molecule has 2 heterocycles. The summed E-state index contributed by atoms with van der Waals surface area (Å²) in [7, 11) is 1.42. The molecule has 1 N–H and O–H groups in total. The first-order chi connectivity index (χ1) is 13.0. The summed E-state index contributed by atoms with van der Waals surface area (Å²) in [6.07, 6.45) is 1.73. The van der Waals surface area contributed by atoms with Crippen LogP contribution in [0.3, 0.4) is 0 Å². The number of nitro benzene ring substituents is 1. The zero-order valence-electron chi connectivity index (χ0n) is 14.6. The van der Waals surface area contributed by atoms with Crippen molar-refractivity contribution in [3.05, 3.63) is 51.2 Å². The normalized spacial score (nSPS) is 10.6. The van der Waals surface area contributed by atoms with Gasteiger partial charge in [-0.3, -0.25) is 20.2 Å². The van der Waals surface area contributed by atoms with Gasteiger partial charge in [-0.05, 0) is 30.7 Å². The molecule has 1 aromatic carbocycles. The molecule has 3 rings (SSSR count). The molecule has 140 valence electrons. The number of benzene rings is 1. The molecular formula is C17H16N4O5S. The van der Waals surface area contributed by atoms with Gasteiger partial charge in [0.15, 0.2) is 5.76 Å². The number of methoxy groups -OCH3 is 1. The number of aryl methyl sites for hydroxylation is 1. The molecule has 0 radical (unpaired) electrons. The van der Waals surface area contributed by atoms with Crippen molar-refractivity contribution in [1.82, 2.24) is 10.2 Å². The summed E-state index contributed by atoms with van der Waals surface area (Å²) in [6.45, 7) is 2.03. The fourth-order valence-corrected chi connectivity index (χ4v) is 3.22. The lowest BCUT2D eigenvalue weighted by Crippen LogP contribution is -2.10. The summed E-state index contributed by atoms with van der Waals surface area (Å²) in [5.74, 6) is 0.0755. The minimum atomic E-state index is -0.531. The van der Waals surface area contributed by atoms with E-state index in [2.05, 4.69) is 15.5 Å². The Morgan fingerprint density at radius 2 is 2.15 bits per heavy atom. The van der Waals surface area contributed by atoms with Gasteiger partial charge in [0.05, 0.1) is 23.7 Å². The van der Waals surface area contributed by atoms with E-state index in [4.69, 9.17) is 9.15 Å². The molecule has 3 aromatic rings. The lowest BCUT2D eigenvalue weighted by molar-refractivity contribution is -0.384. The average Bonchev–Trinajstić information content (AvgIpc) is 3.31. The fourth-order valence-electron chi connectivity index (χ4n) is 2.38. The van der Waals surface area contributed by atoms with Gasteiger partial charge in [0.1, 0.15) is 16.5 Å². The van der Waals surface area contributed by atoms with Gasteiger partial charge in [-0.1, -0.05) is 18.3 Å². The maximum absolute atomic E-state index is 12.3. The van der Waals surface area contributed by atoms with Crippen molar-refractivity contribution in [3.8, 4) is 17.1 Å². The van der Waals surface area contributed by atoms with Crippen LogP contribution in [0.1, 0.15) is 28.9 Å². The molecule has 0 spiro atoms. The molecule has 0 atom stereocenters. The van der Waals surface area contributed by atoms with Crippen molar-refractivity contribution in [2.45, 2.75) is 19.8 Å². The smallest absolute Gasteiger partial charge is 0.293 e. The van der Waals surface area contributed by atoms with Gasteiger partial charge in [0.2, 0.25) is 5.13 Å². The SMILES string of the molecule is CCCc1nnc(NC(=O)c2ccc(-c3ccc(OC)cc3[N+](=O)[O-])o2)s1. The molecule has 0 bridgehead atoms. The van der Waals surface area contributed by atoms with Crippen LogP contribution in [0.15, 0.2) is 34.7 Å². The zero-order valence-corrected chi connectivity index (χ0v) is 15.4. The fraction of sp³-hybridized carbons (Fsp3) is 0.235. The number of nitrogens with zero attached hydrogens (tertiary/aromatic N) is 3. The predicted molar refractivity (Wildman–Crippen MR) is 99.2 cm³/mol. The number of ether oxygens (including phenoxy) is 1. The lowest BCUT2D eigenvalue weighted by Gasteiger charge is -2.03. The Balaban J connectivity index is 1.82. The molecule has 1 amide bonds. The Hall–Kier alpha value is -3.27. The number of nitro groups is 1. The lowest BCUT2D eigenvalue weighted by atomic mass is 10.1. The number of nitrogens with one attached hydrogen (secondary N) is 1. The van der Waals surface area contributed by atoms with E-state index in [1.165, 1.54) is 42.7 Å². The second-order valence-electron chi connectivity index (χ2n) is 5.51. The number of anilines is 1. The van der Waals surface area contributed by atoms with Crippen molar-refractivity contribution in [2.24, 2.45) is 0 Å². The number of aromatic nitrogens is 2. The van der Waals surface area contributed by atoms with Crippen LogP contribution in [0.5, 0.6) is 5.75 Å². The summed E-state index contributed by atoms with van der Waals surface area (Å²) in [4.78, 5) is 23.1. The van der Waals surface area contributed by atoms with Gasteiger partial charge < -0.3 is 9.15 Å². The molecule has 0 aliphatic rings. The van der Waals surface area contributed by atoms with Crippen LogP contribution >= 0.6 is 11.3 Å². The second-order valence-corrected chi connectivity index (χ2v) is 6.57. The second kappa shape index (κ2) is 7.96. The van der Waals surface area contributed by atoms with Crippen LogP contribution in [-0.4, -0.2) is 28.1 Å². The third kappa shape index (κ3) is 4.11. The van der Waals surface area contributed by atoms with E-state index in [9.17, 15) is 14.9 Å². The summed E-state index contributed by atoms with van der Waals surface area (Å²) >= 11 is 1.30. The zero-order chi connectivity index (χ0) is 19.4. The molecule has 9 nitrogen and oxygen atoms in total. The minimum Gasteiger partial charge on any atom is -0.497 e. The maximum atomic E-state index is 12.3. The summed E-state index contributed by atoms with van der Waals surface area (Å²) in [5.41, 5.74) is 0.0741. The third-order valence-corrected chi connectivity index (χ3v) is 4.55. The summed E-state index contributed by atoms with van der Waals surface area (Å²) < 4.78 is 10.5. The van der Waals surface area contributed by atoms with E-state index in [1.54, 1.807) is 6.07 Å². The first-order valence-corrected chi connectivity index (χ1v) is 8.89. The number of carbonyl (C=O) groups excluding carboxylic acids is 1. The van der Waals surface area contributed by atoms with Crippen LogP contribution in [0.25, 0.3) is 11.3 Å². The van der Waals surface area contributed by atoms with Crippen molar-refractivity contribution >= 4 is 28.1 Å². The van der Waals surface area contributed by atoms with Crippen LogP contribution in [0, 0.1) is 10.1 Å². The standard InChI is InChI=1S/C17H16N4O5S/c1-3-4-15-19-20-17(27-15)18-16(22)14-8-7-13(26-14)11-6-5-10(25-2)9-12(11)21(23)24/h5-9H,3-4H2,1-2H3,(H,18,20,22). The highest BCUT2D eigenvalue weighted by Gasteiger charge is 2.21. The van der Waals surface area contributed by atoms with Gasteiger partial charge in [0, 0.05) is 6.42 Å². The molecule has 10 heteroatoms. The Morgan fingerprint density at radius 1 is 1.33 bits per heavy atom. The van der Waals surface area contributed by atoms with Crippen molar-refractivity contribution in [3.63, 3.8) is 0 Å². The van der Waals surface area contributed by atoms with E-state index < -0.39 is 10.8 Å². The van der Waals surface area contributed by atoms with Gasteiger partial charge in [-0.15, -0.1) is 10.2 Å². The van der Waals surface area contributed by atoms with Crippen LogP contribution in [0.4, 0.5) is 10.8 Å². The Labute approximate surface area is 158 Å². The van der Waals surface area contributed by atoms with Crippen LogP contribution in [0.2, 0.25) is 0 Å². The van der Waals surface area contributed by atoms with Crippen LogP contribution < -0.4 is 10.1 Å². The Kier molecular flexibility index (Phi) is 5.46. The highest BCUT2D eigenvalue weighted by molar-refractivity contribution is 7.15. The van der Waals surface area contributed by atoms with E-state index in [0.717, 1.165) is 17.8 Å². The number of carbonyl (C=O) groups is 1. The average molecular weight is 388 g/mol. The maximum Gasteiger partial charge on any atom is 0.293 e. The Morgan fingerprint density at radius 3 is 2.85 bits per heavy atom. The monoisotopic (exact) mass is 388 g/mol. The highest BCUT2D eigenvalue weighted by Crippen LogP contribution is 2.34.